The van der Waals surface area contributed by atoms with Crippen molar-refractivity contribution in [2.24, 2.45) is 4.99 Å². The summed E-state index contributed by atoms with van der Waals surface area (Å²) in [7, 11) is 1.74. The second kappa shape index (κ2) is 8.98. The molecule has 0 saturated carbocycles. The van der Waals surface area contributed by atoms with Crippen LogP contribution in [0.5, 0.6) is 11.5 Å². The number of nitrogens with zero attached hydrogens (tertiary/aromatic N) is 3. The van der Waals surface area contributed by atoms with Gasteiger partial charge in [-0.15, -0.1) is 0 Å². The van der Waals surface area contributed by atoms with Crippen LogP contribution < -0.4 is 25.0 Å². The highest BCUT2D eigenvalue weighted by Crippen LogP contribution is 2.30. The Kier molecular flexibility index (Phi) is 5.97. The van der Waals surface area contributed by atoms with E-state index in [1.54, 1.807) is 19.3 Å². The Balaban J connectivity index is 1.31. The highest BCUT2D eigenvalue weighted by Gasteiger charge is 2.26. The summed E-state index contributed by atoms with van der Waals surface area (Å²) in [6.07, 6.45) is 3.40. The molecule has 0 bridgehead atoms. The van der Waals surface area contributed by atoms with Crippen LogP contribution in [0.3, 0.4) is 0 Å². The maximum absolute atomic E-state index is 14.0. The van der Waals surface area contributed by atoms with E-state index in [-0.39, 0.29) is 11.9 Å². The molecule has 1 unspecified atom stereocenters. The van der Waals surface area contributed by atoms with Gasteiger partial charge in [0.2, 0.25) is 0 Å². The predicted octanol–water partition coefficient (Wildman–Crippen LogP) is 2.33. The van der Waals surface area contributed by atoms with Crippen molar-refractivity contribution in [1.29, 1.82) is 0 Å². The number of fused-ring (bicyclic) bond motifs is 1. The smallest absolute Gasteiger partial charge is 0.191 e. The molecule has 0 amide bonds. The van der Waals surface area contributed by atoms with Gasteiger partial charge >= 0.3 is 0 Å². The Hall–Kier alpha value is -3.03. The van der Waals surface area contributed by atoms with Crippen LogP contribution in [-0.4, -0.2) is 50.3 Å². The number of rotatable bonds is 4. The van der Waals surface area contributed by atoms with E-state index in [0.717, 1.165) is 36.4 Å². The molecule has 1 saturated heterocycles. The van der Waals surface area contributed by atoms with Crippen molar-refractivity contribution < 1.29 is 13.9 Å². The number of halogens is 1. The zero-order chi connectivity index (χ0) is 20.1. The fraction of sp³-hybridized carbons (Fsp3) is 0.429. The first-order valence-corrected chi connectivity index (χ1v) is 9.94. The first-order chi connectivity index (χ1) is 14.2. The number of guanidine groups is 1. The first kappa shape index (κ1) is 19.3. The van der Waals surface area contributed by atoms with Gasteiger partial charge in [-0.3, -0.25) is 4.99 Å². The largest absolute Gasteiger partial charge is 0.490 e. The average Bonchev–Trinajstić information content (AvgIpc) is 3.07. The van der Waals surface area contributed by atoms with E-state index in [2.05, 4.69) is 20.6 Å². The van der Waals surface area contributed by atoms with Gasteiger partial charge < -0.3 is 25.0 Å². The van der Waals surface area contributed by atoms with Crippen LogP contribution in [0.4, 0.5) is 10.2 Å². The van der Waals surface area contributed by atoms with Crippen molar-refractivity contribution in [3.8, 4) is 11.5 Å². The van der Waals surface area contributed by atoms with Crippen molar-refractivity contribution in [1.82, 2.24) is 15.6 Å². The normalized spacial score (nSPS) is 19.0. The summed E-state index contributed by atoms with van der Waals surface area (Å²) in [6.45, 7) is 3.40. The lowest BCUT2D eigenvalue weighted by Gasteiger charge is -2.20. The molecule has 2 aromatic rings. The van der Waals surface area contributed by atoms with E-state index < -0.39 is 0 Å². The minimum Gasteiger partial charge on any atom is -0.490 e. The van der Waals surface area contributed by atoms with Crippen LogP contribution in [0, 0.1) is 5.82 Å². The third-order valence-corrected chi connectivity index (χ3v) is 5.06. The number of benzene rings is 1. The highest BCUT2D eigenvalue weighted by molar-refractivity contribution is 5.80. The summed E-state index contributed by atoms with van der Waals surface area (Å²) in [4.78, 5) is 10.4. The average molecular weight is 399 g/mol. The number of pyridine rings is 1. The number of aliphatic imine (C=N–C) groups is 1. The zero-order valence-electron chi connectivity index (χ0n) is 16.5. The summed E-state index contributed by atoms with van der Waals surface area (Å²) < 4.78 is 25.4. The van der Waals surface area contributed by atoms with E-state index in [9.17, 15) is 4.39 Å². The number of anilines is 1. The molecular formula is C21H26FN5O2. The topological polar surface area (TPSA) is 71.0 Å². The number of hydrogen-bond acceptors (Lipinski definition) is 5. The molecule has 1 fully saturated rings. The second-order valence-electron chi connectivity index (χ2n) is 7.14. The van der Waals surface area contributed by atoms with E-state index >= 15 is 0 Å². The fourth-order valence-electron chi connectivity index (χ4n) is 3.57. The van der Waals surface area contributed by atoms with Crippen LogP contribution in [-0.2, 0) is 6.54 Å². The Morgan fingerprint density at radius 2 is 2.14 bits per heavy atom. The number of ether oxygens (including phenoxy) is 2. The Labute approximate surface area is 169 Å². The molecule has 4 rings (SSSR count). The molecule has 1 aromatic carbocycles. The lowest BCUT2D eigenvalue weighted by molar-refractivity contribution is 0.297. The van der Waals surface area contributed by atoms with Gasteiger partial charge in [0, 0.05) is 45.3 Å². The van der Waals surface area contributed by atoms with Crippen LogP contribution in [0.2, 0.25) is 0 Å². The number of aromatic nitrogens is 1. The van der Waals surface area contributed by atoms with Gasteiger partial charge in [-0.1, -0.05) is 6.07 Å². The van der Waals surface area contributed by atoms with Crippen molar-refractivity contribution in [3.63, 3.8) is 0 Å². The first-order valence-electron chi connectivity index (χ1n) is 9.94. The van der Waals surface area contributed by atoms with Crippen LogP contribution in [0.15, 0.2) is 41.5 Å². The van der Waals surface area contributed by atoms with E-state index in [4.69, 9.17) is 9.47 Å². The SMILES string of the molecule is CN=C(NCc1ccc2c(c1)OCCCO2)NC1CCN(c2ncccc2F)C1. The maximum Gasteiger partial charge on any atom is 0.191 e. The molecule has 154 valence electrons. The predicted molar refractivity (Wildman–Crippen MR) is 110 cm³/mol. The van der Waals surface area contributed by atoms with Crippen molar-refractivity contribution in [3.05, 3.63) is 47.9 Å². The molecule has 3 heterocycles. The summed E-state index contributed by atoms with van der Waals surface area (Å²) in [6, 6.07) is 9.20. The van der Waals surface area contributed by atoms with Crippen molar-refractivity contribution in [2.75, 3.05) is 38.3 Å². The molecule has 1 atom stereocenters. The molecule has 0 radical (unpaired) electrons. The lowest BCUT2D eigenvalue weighted by Crippen LogP contribution is -2.44. The highest BCUT2D eigenvalue weighted by atomic mass is 19.1. The van der Waals surface area contributed by atoms with Gasteiger partial charge in [0.05, 0.1) is 13.2 Å². The van der Waals surface area contributed by atoms with E-state index in [1.807, 2.05) is 23.1 Å². The minimum atomic E-state index is -0.287. The van der Waals surface area contributed by atoms with Gasteiger partial charge in [0.15, 0.2) is 29.1 Å². The van der Waals surface area contributed by atoms with Gasteiger partial charge in [-0.2, -0.15) is 0 Å². The Bertz CT molecular complexity index is 876. The van der Waals surface area contributed by atoms with Crippen LogP contribution >= 0.6 is 0 Å². The van der Waals surface area contributed by atoms with Crippen LogP contribution in [0.1, 0.15) is 18.4 Å². The van der Waals surface area contributed by atoms with Crippen molar-refractivity contribution in [2.45, 2.75) is 25.4 Å². The summed E-state index contributed by atoms with van der Waals surface area (Å²) in [5.41, 5.74) is 1.08. The third kappa shape index (κ3) is 4.70. The van der Waals surface area contributed by atoms with Gasteiger partial charge in [0.1, 0.15) is 0 Å². The van der Waals surface area contributed by atoms with Crippen LogP contribution in [0.25, 0.3) is 0 Å². The minimum absolute atomic E-state index is 0.173. The molecule has 29 heavy (non-hydrogen) atoms. The third-order valence-electron chi connectivity index (χ3n) is 5.06. The molecule has 0 spiro atoms. The summed E-state index contributed by atoms with van der Waals surface area (Å²) in [5, 5.41) is 6.75. The van der Waals surface area contributed by atoms with Gasteiger partial charge in [-0.05, 0) is 36.2 Å². The molecule has 2 aliphatic rings. The van der Waals surface area contributed by atoms with Gasteiger partial charge in [-0.25, -0.2) is 9.37 Å². The maximum atomic E-state index is 14.0. The molecule has 7 nitrogen and oxygen atoms in total. The van der Waals surface area contributed by atoms with Gasteiger partial charge in [0.25, 0.3) is 0 Å². The molecule has 2 aliphatic heterocycles. The molecule has 0 aliphatic carbocycles. The quantitative estimate of drug-likeness (QED) is 0.607. The Morgan fingerprint density at radius 1 is 1.28 bits per heavy atom. The second-order valence-corrected chi connectivity index (χ2v) is 7.14. The Morgan fingerprint density at radius 3 is 2.97 bits per heavy atom. The molecule has 2 N–H and O–H groups in total. The standard InChI is InChI=1S/C21H26FN5O2/c1-23-21(25-13-15-5-6-18-19(12-15)29-11-3-10-28-18)26-16-7-9-27(14-16)20-17(22)4-2-8-24-20/h2,4-6,8,12,16H,3,7,9-11,13-14H2,1H3,(H2,23,25,26). The lowest BCUT2D eigenvalue weighted by atomic mass is 10.2. The summed E-state index contributed by atoms with van der Waals surface area (Å²) >= 11 is 0. The number of nitrogens with one attached hydrogen (secondary N) is 2. The number of hydrogen-bond donors (Lipinski definition) is 2. The van der Waals surface area contributed by atoms with E-state index in [1.165, 1.54) is 6.07 Å². The zero-order valence-corrected chi connectivity index (χ0v) is 16.5. The molecular weight excluding hydrogens is 373 g/mol. The fourth-order valence-corrected chi connectivity index (χ4v) is 3.57. The monoisotopic (exact) mass is 399 g/mol. The molecule has 1 aromatic heterocycles. The summed E-state index contributed by atoms with van der Waals surface area (Å²) in [5.74, 6) is 2.41. The molecule has 8 heteroatoms. The van der Waals surface area contributed by atoms with E-state index in [0.29, 0.717) is 38.1 Å². The van der Waals surface area contributed by atoms with Crippen molar-refractivity contribution >= 4 is 11.8 Å².